The highest BCUT2D eigenvalue weighted by Crippen LogP contribution is 2.12. The van der Waals surface area contributed by atoms with Crippen LogP contribution in [0.3, 0.4) is 0 Å². The van der Waals surface area contributed by atoms with Crippen LogP contribution in [0.4, 0.5) is 0 Å². The monoisotopic (exact) mass is 267 g/mol. The minimum Gasteiger partial charge on any atom is -0.480 e. The van der Waals surface area contributed by atoms with Crippen LogP contribution in [-0.4, -0.2) is 47.7 Å². The maximum atomic E-state index is 11.9. The van der Waals surface area contributed by atoms with E-state index in [0.29, 0.717) is 13.2 Å². The molecule has 1 unspecified atom stereocenters. The van der Waals surface area contributed by atoms with E-state index in [4.69, 9.17) is 9.84 Å². The van der Waals surface area contributed by atoms with Gasteiger partial charge in [-0.2, -0.15) is 0 Å². The van der Waals surface area contributed by atoms with Crippen LogP contribution < -0.4 is 0 Å². The topological polar surface area (TPSA) is 66.8 Å². The number of hydrogen-bond acceptors (Lipinski definition) is 4. The summed E-state index contributed by atoms with van der Waals surface area (Å²) in [6.45, 7) is 0.737. The lowest BCUT2D eigenvalue weighted by molar-refractivity contribution is -0.156. The third-order valence-corrected chi connectivity index (χ3v) is 3.47. The molecule has 0 aromatic carbocycles. The first-order valence-corrected chi connectivity index (χ1v) is 6.39. The first kappa shape index (κ1) is 12.8. The number of morpholine rings is 1. The van der Waals surface area contributed by atoms with E-state index in [2.05, 4.69) is 0 Å². The Morgan fingerprint density at radius 2 is 2.39 bits per heavy atom. The van der Waals surface area contributed by atoms with Crippen molar-refractivity contribution >= 4 is 29.3 Å². The van der Waals surface area contributed by atoms with Crippen molar-refractivity contribution in [3.05, 3.63) is 28.5 Å². The molecule has 1 atom stereocenters. The lowest BCUT2D eigenvalue weighted by Gasteiger charge is -2.31. The molecule has 0 bridgehead atoms. The summed E-state index contributed by atoms with van der Waals surface area (Å²) >= 11 is 1.52. The third-order valence-electron chi connectivity index (χ3n) is 2.63. The molecule has 0 spiro atoms. The van der Waals surface area contributed by atoms with E-state index in [1.54, 1.807) is 6.08 Å². The van der Waals surface area contributed by atoms with Gasteiger partial charge in [-0.3, -0.25) is 4.79 Å². The van der Waals surface area contributed by atoms with Gasteiger partial charge in [0.1, 0.15) is 0 Å². The van der Waals surface area contributed by atoms with Gasteiger partial charge in [0, 0.05) is 17.5 Å². The fraction of sp³-hybridized carbons (Fsp3) is 0.333. The zero-order valence-corrected chi connectivity index (χ0v) is 10.4. The van der Waals surface area contributed by atoms with E-state index < -0.39 is 12.0 Å². The lowest BCUT2D eigenvalue weighted by atomic mass is 10.2. The summed E-state index contributed by atoms with van der Waals surface area (Å²) in [4.78, 5) is 25.2. The second kappa shape index (κ2) is 5.79. The van der Waals surface area contributed by atoms with E-state index in [9.17, 15) is 9.59 Å². The Labute approximate surface area is 108 Å². The second-order valence-electron chi connectivity index (χ2n) is 3.81. The standard InChI is InChI=1S/C12H13NO4S/c14-11(4-3-9-2-1-7-18-9)13-5-6-17-8-10(13)12(15)16/h1-4,7,10H,5-6,8H2,(H,15,16). The van der Waals surface area contributed by atoms with Crippen molar-refractivity contribution in [2.75, 3.05) is 19.8 Å². The van der Waals surface area contributed by atoms with E-state index in [1.165, 1.54) is 22.3 Å². The summed E-state index contributed by atoms with van der Waals surface area (Å²) in [5.41, 5.74) is 0. The van der Waals surface area contributed by atoms with E-state index in [-0.39, 0.29) is 12.5 Å². The molecule has 18 heavy (non-hydrogen) atoms. The molecule has 0 aliphatic carbocycles. The van der Waals surface area contributed by atoms with Crippen LogP contribution in [0, 0.1) is 0 Å². The Balaban J connectivity index is 2.04. The van der Waals surface area contributed by atoms with Crippen molar-refractivity contribution in [3.63, 3.8) is 0 Å². The van der Waals surface area contributed by atoms with Gasteiger partial charge in [0.05, 0.1) is 13.2 Å². The molecule has 6 heteroatoms. The number of carbonyl (C=O) groups excluding carboxylic acids is 1. The number of ether oxygens (including phenoxy) is 1. The number of hydrogen-bond donors (Lipinski definition) is 1. The van der Waals surface area contributed by atoms with Crippen LogP contribution in [0.5, 0.6) is 0 Å². The number of nitrogens with zero attached hydrogens (tertiary/aromatic N) is 1. The molecule has 0 saturated carbocycles. The zero-order chi connectivity index (χ0) is 13.0. The van der Waals surface area contributed by atoms with Crippen molar-refractivity contribution in [2.45, 2.75) is 6.04 Å². The van der Waals surface area contributed by atoms with Crippen molar-refractivity contribution in [2.24, 2.45) is 0 Å². The van der Waals surface area contributed by atoms with Crippen LogP contribution >= 0.6 is 11.3 Å². The van der Waals surface area contributed by atoms with Crippen molar-refractivity contribution in [1.82, 2.24) is 4.90 Å². The molecular formula is C12H13NO4S. The summed E-state index contributed by atoms with van der Waals surface area (Å²) in [7, 11) is 0. The van der Waals surface area contributed by atoms with Crippen LogP contribution in [-0.2, 0) is 14.3 Å². The summed E-state index contributed by atoms with van der Waals surface area (Å²) in [5.74, 6) is -1.33. The normalized spacial score (nSPS) is 20.2. The predicted octanol–water partition coefficient (Wildman–Crippen LogP) is 1.07. The quantitative estimate of drug-likeness (QED) is 0.832. The summed E-state index contributed by atoms with van der Waals surface area (Å²) in [6.07, 6.45) is 3.11. The van der Waals surface area contributed by atoms with Gasteiger partial charge < -0.3 is 14.7 Å². The minimum atomic E-state index is -1.03. The maximum absolute atomic E-state index is 11.9. The summed E-state index contributed by atoms with van der Waals surface area (Å²) in [5, 5.41) is 10.9. The van der Waals surface area contributed by atoms with Crippen LogP contribution in [0.15, 0.2) is 23.6 Å². The number of carbonyl (C=O) groups is 2. The van der Waals surface area contributed by atoms with E-state index >= 15 is 0 Å². The number of amides is 1. The van der Waals surface area contributed by atoms with Crippen molar-refractivity contribution in [1.29, 1.82) is 0 Å². The van der Waals surface area contributed by atoms with Gasteiger partial charge in [0.2, 0.25) is 5.91 Å². The molecule has 1 aromatic heterocycles. The van der Waals surface area contributed by atoms with Gasteiger partial charge in [-0.05, 0) is 17.5 Å². The molecule has 0 radical (unpaired) electrons. The number of carboxylic acids is 1. The van der Waals surface area contributed by atoms with Crippen LogP contribution in [0.1, 0.15) is 4.88 Å². The van der Waals surface area contributed by atoms with Gasteiger partial charge >= 0.3 is 5.97 Å². The zero-order valence-electron chi connectivity index (χ0n) is 9.61. The Bertz CT molecular complexity index is 455. The van der Waals surface area contributed by atoms with Gasteiger partial charge in [-0.25, -0.2) is 4.79 Å². The first-order chi connectivity index (χ1) is 8.68. The SMILES string of the molecule is O=C(O)C1COCCN1C(=O)C=Cc1cccs1. The average molecular weight is 267 g/mol. The number of carboxylic acid groups (broad SMARTS) is 1. The number of thiophene rings is 1. The molecule has 1 aliphatic rings. The second-order valence-corrected chi connectivity index (χ2v) is 4.79. The molecule has 1 aliphatic heterocycles. The number of rotatable bonds is 3. The van der Waals surface area contributed by atoms with Gasteiger partial charge in [0.15, 0.2) is 6.04 Å². The maximum Gasteiger partial charge on any atom is 0.328 e. The Kier molecular flexibility index (Phi) is 4.11. The highest BCUT2D eigenvalue weighted by molar-refractivity contribution is 7.10. The fourth-order valence-corrected chi connectivity index (χ4v) is 2.33. The molecule has 2 rings (SSSR count). The molecule has 5 nitrogen and oxygen atoms in total. The third kappa shape index (κ3) is 2.96. The van der Waals surface area contributed by atoms with E-state index in [1.807, 2.05) is 17.5 Å². The lowest BCUT2D eigenvalue weighted by Crippen LogP contribution is -2.52. The molecule has 1 amide bonds. The molecular weight excluding hydrogens is 254 g/mol. The smallest absolute Gasteiger partial charge is 0.328 e. The molecule has 2 heterocycles. The molecule has 1 fully saturated rings. The summed E-state index contributed by atoms with van der Waals surface area (Å²) < 4.78 is 5.08. The van der Waals surface area contributed by atoms with Crippen molar-refractivity contribution < 1.29 is 19.4 Å². The van der Waals surface area contributed by atoms with Crippen LogP contribution in [0.25, 0.3) is 6.08 Å². The largest absolute Gasteiger partial charge is 0.480 e. The van der Waals surface area contributed by atoms with E-state index in [0.717, 1.165) is 4.88 Å². The Hall–Kier alpha value is -1.66. The fourth-order valence-electron chi connectivity index (χ4n) is 1.71. The van der Waals surface area contributed by atoms with Gasteiger partial charge in [0.25, 0.3) is 0 Å². The number of aliphatic carboxylic acids is 1. The molecule has 1 N–H and O–H groups in total. The Morgan fingerprint density at radius 1 is 1.56 bits per heavy atom. The van der Waals surface area contributed by atoms with Gasteiger partial charge in [-0.1, -0.05) is 6.07 Å². The summed E-state index contributed by atoms with van der Waals surface area (Å²) in [6, 6.07) is 2.89. The highest BCUT2D eigenvalue weighted by atomic mass is 32.1. The predicted molar refractivity (Wildman–Crippen MR) is 67.3 cm³/mol. The van der Waals surface area contributed by atoms with Crippen molar-refractivity contribution in [3.8, 4) is 0 Å². The molecule has 1 saturated heterocycles. The first-order valence-electron chi connectivity index (χ1n) is 5.51. The average Bonchev–Trinajstić information content (AvgIpc) is 2.89. The molecule has 96 valence electrons. The minimum absolute atomic E-state index is 0.0495. The van der Waals surface area contributed by atoms with Crippen LogP contribution in [0.2, 0.25) is 0 Å². The Morgan fingerprint density at radius 3 is 3.06 bits per heavy atom. The van der Waals surface area contributed by atoms with Gasteiger partial charge in [-0.15, -0.1) is 11.3 Å². The molecule has 1 aromatic rings. The highest BCUT2D eigenvalue weighted by Gasteiger charge is 2.31.